The molecule has 0 spiro atoms. The van der Waals surface area contributed by atoms with Crippen LogP contribution in [-0.2, 0) is 0 Å². The van der Waals surface area contributed by atoms with E-state index in [2.05, 4.69) is 0 Å². The van der Waals surface area contributed by atoms with Gasteiger partial charge in [0.1, 0.15) is 0 Å². The highest BCUT2D eigenvalue weighted by Gasteiger charge is 2.24. The number of phenolic OH excluding ortho intramolecular Hbond substituents is 2. The molecule has 24 heavy (non-hydrogen) atoms. The van der Waals surface area contributed by atoms with E-state index in [1.807, 2.05) is 81.4 Å². The molecule has 0 unspecified atom stereocenters. The van der Waals surface area contributed by atoms with Gasteiger partial charge in [-0.3, -0.25) is 0 Å². The summed E-state index contributed by atoms with van der Waals surface area (Å²) in [5.74, 6) is 0.0347. The van der Waals surface area contributed by atoms with Gasteiger partial charge < -0.3 is 10.2 Å². The lowest BCUT2D eigenvalue weighted by Gasteiger charge is -2.23. The van der Waals surface area contributed by atoms with Crippen molar-refractivity contribution in [1.82, 2.24) is 0 Å². The van der Waals surface area contributed by atoms with Gasteiger partial charge in [0.2, 0.25) is 0 Å². The van der Waals surface area contributed by atoms with Crippen molar-refractivity contribution < 1.29 is 10.2 Å². The Bertz CT molecular complexity index is 850. The van der Waals surface area contributed by atoms with Gasteiger partial charge >= 0.3 is 0 Å². The number of phenols is 2. The molecule has 0 saturated carbocycles. The van der Waals surface area contributed by atoms with Gasteiger partial charge in [-0.25, -0.2) is 0 Å². The zero-order valence-electron chi connectivity index (χ0n) is 14.2. The van der Waals surface area contributed by atoms with E-state index in [9.17, 15) is 10.2 Å². The van der Waals surface area contributed by atoms with Crippen molar-refractivity contribution in [3.8, 4) is 33.8 Å². The van der Waals surface area contributed by atoms with Crippen molar-refractivity contribution in [3.63, 3.8) is 0 Å². The Hall–Kier alpha value is -2.74. The topological polar surface area (TPSA) is 40.5 Å². The lowest BCUT2D eigenvalue weighted by molar-refractivity contribution is 0.395. The van der Waals surface area contributed by atoms with Crippen LogP contribution in [0.25, 0.3) is 22.3 Å². The molecule has 122 valence electrons. The molecule has 2 nitrogen and oxygen atoms in total. The Morgan fingerprint density at radius 3 is 1.58 bits per heavy atom. The van der Waals surface area contributed by atoms with Crippen LogP contribution in [0.1, 0.15) is 30.9 Å². The molecular formula is C22H22O2. The third-order valence-electron chi connectivity index (χ3n) is 4.43. The normalized spacial score (nSPS) is 11.0. The van der Waals surface area contributed by atoms with Crippen LogP contribution >= 0.6 is 0 Å². The molecule has 0 aliphatic heterocycles. The van der Waals surface area contributed by atoms with E-state index in [1.165, 1.54) is 0 Å². The quantitative estimate of drug-likeness (QED) is 0.593. The molecule has 2 heteroatoms. The molecule has 0 amide bonds. The maximum absolute atomic E-state index is 10.6. The lowest BCUT2D eigenvalue weighted by Crippen LogP contribution is -2.00. The van der Waals surface area contributed by atoms with Gasteiger partial charge in [0, 0.05) is 11.1 Å². The minimum atomic E-state index is -0.0303. The summed E-state index contributed by atoms with van der Waals surface area (Å²) in [6.07, 6.45) is 0. The molecule has 0 fully saturated rings. The number of aromatic hydroxyl groups is 2. The second kappa shape index (κ2) is 6.40. The van der Waals surface area contributed by atoms with E-state index in [0.717, 1.165) is 27.8 Å². The fourth-order valence-electron chi connectivity index (χ4n) is 3.30. The van der Waals surface area contributed by atoms with E-state index in [-0.39, 0.29) is 17.4 Å². The molecule has 3 rings (SSSR count). The van der Waals surface area contributed by atoms with Crippen molar-refractivity contribution in [3.05, 3.63) is 71.8 Å². The minimum absolute atomic E-state index is 0.0129. The predicted octanol–water partition coefficient (Wildman–Crippen LogP) is 5.86. The van der Waals surface area contributed by atoms with E-state index in [4.69, 9.17) is 0 Å². The molecule has 3 aromatic rings. The molecule has 3 aromatic carbocycles. The first-order valence-electron chi connectivity index (χ1n) is 8.21. The van der Waals surface area contributed by atoms with E-state index in [1.54, 1.807) is 0 Å². The number of benzene rings is 3. The summed E-state index contributed by atoms with van der Waals surface area (Å²) in [7, 11) is 0. The fourth-order valence-corrected chi connectivity index (χ4v) is 3.30. The highest BCUT2D eigenvalue weighted by molar-refractivity contribution is 5.91. The molecule has 0 atom stereocenters. The Kier molecular flexibility index (Phi) is 4.30. The summed E-state index contributed by atoms with van der Waals surface area (Å²) in [4.78, 5) is 0. The monoisotopic (exact) mass is 318 g/mol. The Balaban J connectivity index is 2.48. The molecule has 0 aliphatic rings. The predicted molar refractivity (Wildman–Crippen MR) is 99.5 cm³/mol. The summed E-state index contributed by atoms with van der Waals surface area (Å²) in [6, 6.07) is 20.1. The third kappa shape index (κ3) is 2.65. The summed E-state index contributed by atoms with van der Waals surface area (Å²) in [6.45, 7) is 5.92. The maximum Gasteiger partial charge on any atom is 0.161 e. The molecule has 0 heterocycles. The number of hydrogen-bond donors (Lipinski definition) is 2. The van der Waals surface area contributed by atoms with Crippen LogP contribution in [0.3, 0.4) is 0 Å². The van der Waals surface area contributed by atoms with Crippen LogP contribution < -0.4 is 0 Å². The van der Waals surface area contributed by atoms with Gasteiger partial charge in [-0.05, 0) is 35.1 Å². The highest BCUT2D eigenvalue weighted by Crippen LogP contribution is 2.49. The standard InChI is InChI=1S/C22H22O2/c1-14(2)18-20(17-12-8-5-9-13-17)19(15(3)21(23)22(18)24)16-10-6-4-7-11-16/h4-14,23-24H,1-3H3. The first-order valence-corrected chi connectivity index (χ1v) is 8.21. The first-order chi connectivity index (χ1) is 11.5. The van der Waals surface area contributed by atoms with Crippen LogP contribution in [0.5, 0.6) is 11.5 Å². The second-order valence-electron chi connectivity index (χ2n) is 6.37. The summed E-state index contributed by atoms with van der Waals surface area (Å²) >= 11 is 0. The molecule has 0 saturated heterocycles. The zero-order chi connectivity index (χ0) is 17.3. The molecule has 0 aromatic heterocycles. The Morgan fingerprint density at radius 1 is 0.667 bits per heavy atom. The van der Waals surface area contributed by atoms with Crippen LogP contribution in [0.15, 0.2) is 60.7 Å². The molecular weight excluding hydrogens is 296 g/mol. The van der Waals surface area contributed by atoms with Crippen LogP contribution in [-0.4, -0.2) is 10.2 Å². The van der Waals surface area contributed by atoms with Crippen molar-refractivity contribution in [2.75, 3.05) is 0 Å². The van der Waals surface area contributed by atoms with Crippen molar-refractivity contribution in [1.29, 1.82) is 0 Å². The van der Waals surface area contributed by atoms with Crippen LogP contribution in [0.2, 0.25) is 0 Å². The van der Waals surface area contributed by atoms with Gasteiger partial charge in [-0.15, -0.1) is 0 Å². The van der Waals surface area contributed by atoms with E-state index in [0.29, 0.717) is 5.56 Å². The summed E-state index contributed by atoms with van der Waals surface area (Å²) in [5.41, 5.74) is 5.51. The molecule has 0 bridgehead atoms. The smallest absolute Gasteiger partial charge is 0.161 e. The van der Waals surface area contributed by atoms with E-state index < -0.39 is 0 Å². The van der Waals surface area contributed by atoms with Crippen molar-refractivity contribution in [2.24, 2.45) is 0 Å². The summed E-state index contributed by atoms with van der Waals surface area (Å²) < 4.78 is 0. The van der Waals surface area contributed by atoms with Crippen LogP contribution in [0, 0.1) is 6.92 Å². The zero-order valence-corrected chi connectivity index (χ0v) is 14.2. The van der Waals surface area contributed by atoms with Gasteiger partial charge in [-0.2, -0.15) is 0 Å². The lowest BCUT2D eigenvalue weighted by atomic mass is 9.82. The van der Waals surface area contributed by atoms with Gasteiger partial charge in [0.15, 0.2) is 11.5 Å². The van der Waals surface area contributed by atoms with Crippen molar-refractivity contribution >= 4 is 0 Å². The molecule has 0 radical (unpaired) electrons. The van der Waals surface area contributed by atoms with Gasteiger partial charge in [0.25, 0.3) is 0 Å². The number of rotatable bonds is 3. The van der Waals surface area contributed by atoms with Gasteiger partial charge in [0.05, 0.1) is 0 Å². The Morgan fingerprint density at radius 2 is 1.12 bits per heavy atom. The SMILES string of the molecule is Cc1c(O)c(O)c(C(C)C)c(-c2ccccc2)c1-c1ccccc1. The van der Waals surface area contributed by atoms with Crippen LogP contribution in [0.4, 0.5) is 0 Å². The fraction of sp³-hybridized carbons (Fsp3) is 0.182. The third-order valence-corrected chi connectivity index (χ3v) is 4.43. The highest BCUT2D eigenvalue weighted by atomic mass is 16.3. The maximum atomic E-state index is 10.6. The minimum Gasteiger partial charge on any atom is -0.504 e. The average Bonchev–Trinajstić information content (AvgIpc) is 2.60. The largest absolute Gasteiger partial charge is 0.504 e. The first kappa shape index (κ1) is 16.1. The number of hydrogen-bond acceptors (Lipinski definition) is 2. The second-order valence-corrected chi connectivity index (χ2v) is 6.37. The average molecular weight is 318 g/mol. The Labute approximate surface area is 143 Å². The molecule has 0 aliphatic carbocycles. The molecule has 2 N–H and O–H groups in total. The summed E-state index contributed by atoms with van der Waals surface area (Å²) in [5, 5.41) is 21.1. The van der Waals surface area contributed by atoms with E-state index >= 15 is 0 Å². The van der Waals surface area contributed by atoms with Gasteiger partial charge in [-0.1, -0.05) is 74.5 Å². The van der Waals surface area contributed by atoms with Crippen molar-refractivity contribution in [2.45, 2.75) is 26.7 Å².